The molecule has 0 radical (unpaired) electrons. The SMILES string of the molecule is CNCC(=O)c1cc(C)c(O)c(F)c1O. The third-order valence-electron chi connectivity index (χ3n) is 2.04. The Kier molecular flexibility index (Phi) is 3.26. The fraction of sp³-hybridized carbons (Fsp3) is 0.300. The van der Waals surface area contributed by atoms with E-state index in [9.17, 15) is 14.3 Å². The van der Waals surface area contributed by atoms with E-state index in [1.807, 2.05) is 0 Å². The van der Waals surface area contributed by atoms with Gasteiger partial charge in [-0.2, -0.15) is 4.39 Å². The first kappa shape index (κ1) is 11.5. The molecule has 1 rings (SSSR count). The Hall–Kier alpha value is -1.62. The molecule has 0 fully saturated rings. The van der Waals surface area contributed by atoms with Gasteiger partial charge in [-0.1, -0.05) is 0 Å². The van der Waals surface area contributed by atoms with E-state index in [4.69, 9.17) is 5.11 Å². The molecular formula is C10H12FNO3. The number of aromatic hydroxyl groups is 2. The largest absolute Gasteiger partial charge is 0.505 e. The van der Waals surface area contributed by atoms with Gasteiger partial charge in [0, 0.05) is 0 Å². The summed E-state index contributed by atoms with van der Waals surface area (Å²) in [4.78, 5) is 11.4. The maximum absolute atomic E-state index is 13.2. The smallest absolute Gasteiger partial charge is 0.207 e. The highest BCUT2D eigenvalue weighted by molar-refractivity contribution is 6.00. The second-order valence-electron chi connectivity index (χ2n) is 3.21. The number of hydrogen-bond acceptors (Lipinski definition) is 4. The van der Waals surface area contributed by atoms with Crippen molar-refractivity contribution < 1.29 is 19.4 Å². The van der Waals surface area contributed by atoms with Crippen molar-refractivity contribution in [1.29, 1.82) is 0 Å². The number of ketones is 1. The average molecular weight is 213 g/mol. The maximum atomic E-state index is 13.2. The molecule has 0 heterocycles. The van der Waals surface area contributed by atoms with Crippen LogP contribution in [-0.2, 0) is 0 Å². The van der Waals surface area contributed by atoms with Crippen LogP contribution in [0.4, 0.5) is 4.39 Å². The number of phenols is 2. The van der Waals surface area contributed by atoms with E-state index in [2.05, 4.69) is 5.32 Å². The summed E-state index contributed by atoms with van der Waals surface area (Å²) >= 11 is 0. The zero-order valence-corrected chi connectivity index (χ0v) is 8.47. The molecule has 0 aliphatic rings. The van der Waals surface area contributed by atoms with Gasteiger partial charge in [-0.25, -0.2) is 0 Å². The number of rotatable bonds is 3. The Morgan fingerprint density at radius 2 is 2.07 bits per heavy atom. The van der Waals surface area contributed by atoms with Crippen molar-refractivity contribution in [1.82, 2.24) is 5.32 Å². The lowest BCUT2D eigenvalue weighted by Gasteiger charge is -2.08. The van der Waals surface area contributed by atoms with Crippen LogP contribution in [0.2, 0.25) is 0 Å². The van der Waals surface area contributed by atoms with Gasteiger partial charge in [0.05, 0.1) is 12.1 Å². The molecule has 0 aliphatic carbocycles. The van der Waals surface area contributed by atoms with Crippen LogP contribution >= 0.6 is 0 Å². The Balaban J connectivity index is 3.26. The molecule has 15 heavy (non-hydrogen) atoms. The van der Waals surface area contributed by atoms with Crippen LogP contribution < -0.4 is 5.32 Å². The Bertz CT molecular complexity index is 404. The van der Waals surface area contributed by atoms with Crippen LogP contribution in [0.5, 0.6) is 11.5 Å². The summed E-state index contributed by atoms with van der Waals surface area (Å²) in [5, 5.41) is 21.1. The molecule has 1 aromatic rings. The summed E-state index contributed by atoms with van der Waals surface area (Å²) in [7, 11) is 1.57. The van der Waals surface area contributed by atoms with E-state index in [1.165, 1.54) is 13.0 Å². The van der Waals surface area contributed by atoms with Crippen LogP contribution in [0.1, 0.15) is 15.9 Å². The number of halogens is 1. The topological polar surface area (TPSA) is 69.6 Å². The molecule has 0 saturated heterocycles. The van der Waals surface area contributed by atoms with Crippen molar-refractivity contribution >= 4 is 5.78 Å². The van der Waals surface area contributed by atoms with Gasteiger partial charge in [-0.05, 0) is 25.6 Å². The van der Waals surface area contributed by atoms with Gasteiger partial charge in [0.15, 0.2) is 17.3 Å². The summed E-state index contributed by atoms with van der Waals surface area (Å²) in [6.45, 7) is 1.45. The van der Waals surface area contributed by atoms with E-state index in [-0.39, 0.29) is 17.7 Å². The first-order valence-corrected chi connectivity index (χ1v) is 4.37. The molecule has 0 unspecified atom stereocenters. The molecule has 0 aliphatic heterocycles. The van der Waals surface area contributed by atoms with Gasteiger partial charge in [0.1, 0.15) is 0 Å². The number of nitrogens with one attached hydrogen (secondary N) is 1. The number of Topliss-reactive ketones (excluding diaryl/α,β-unsaturated/α-hetero) is 1. The van der Waals surface area contributed by atoms with Gasteiger partial charge in [-0.15, -0.1) is 0 Å². The van der Waals surface area contributed by atoms with Gasteiger partial charge in [0.25, 0.3) is 0 Å². The lowest BCUT2D eigenvalue weighted by Crippen LogP contribution is -2.19. The normalized spacial score (nSPS) is 10.3. The van der Waals surface area contributed by atoms with E-state index in [0.717, 1.165) is 0 Å². The number of carbonyl (C=O) groups excluding carboxylic acids is 1. The molecular weight excluding hydrogens is 201 g/mol. The van der Waals surface area contributed by atoms with Crippen molar-refractivity contribution in [3.05, 3.63) is 23.0 Å². The van der Waals surface area contributed by atoms with Gasteiger partial charge in [-0.3, -0.25) is 4.79 Å². The minimum atomic E-state index is -1.16. The second kappa shape index (κ2) is 4.27. The first-order valence-electron chi connectivity index (χ1n) is 4.37. The molecule has 0 bridgehead atoms. The van der Waals surface area contributed by atoms with Crippen molar-refractivity contribution in [2.24, 2.45) is 0 Å². The summed E-state index contributed by atoms with van der Waals surface area (Å²) in [5.74, 6) is -3.03. The maximum Gasteiger partial charge on any atom is 0.207 e. The molecule has 0 saturated carbocycles. The van der Waals surface area contributed by atoms with Crippen LogP contribution in [0.25, 0.3) is 0 Å². The fourth-order valence-electron chi connectivity index (χ4n) is 1.23. The van der Waals surface area contributed by atoms with Crippen LogP contribution in [0.3, 0.4) is 0 Å². The van der Waals surface area contributed by atoms with E-state index >= 15 is 0 Å². The molecule has 0 atom stereocenters. The highest BCUT2D eigenvalue weighted by Crippen LogP contribution is 2.31. The molecule has 0 spiro atoms. The third-order valence-corrected chi connectivity index (χ3v) is 2.04. The summed E-state index contributed by atoms with van der Waals surface area (Å²) < 4.78 is 13.2. The lowest BCUT2D eigenvalue weighted by molar-refractivity contribution is 0.0990. The highest BCUT2D eigenvalue weighted by Gasteiger charge is 2.19. The van der Waals surface area contributed by atoms with E-state index in [0.29, 0.717) is 0 Å². The predicted octanol–water partition coefficient (Wildman–Crippen LogP) is 0.947. The number of carbonyl (C=O) groups is 1. The summed E-state index contributed by atoms with van der Waals surface area (Å²) in [6, 6.07) is 1.26. The Morgan fingerprint density at radius 1 is 1.47 bits per heavy atom. The minimum absolute atomic E-state index is 0.00276. The van der Waals surface area contributed by atoms with Gasteiger partial charge in [0.2, 0.25) is 5.82 Å². The number of benzene rings is 1. The standard InChI is InChI=1S/C10H12FNO3/c1-5-3-6(7(13)4-12-2)10(15)8(11)9(5)14/h3,12,14-15H,4H2,1-2H3. The molecule has 4 nitrogen and oxygen atoms in total. The first-order chi connectivity index (χ1) is 6.99. The molecule has 3 N–H and O–H groups in total. The van der Waals surface area contributed by atoms with Gasteiger partial charge < -0.3 is 15.5 Å². The molecule has 5 heteroatoms. The van der Waals surface area contributed by atoms with E-state index in [1.54, 1.807) is 7.05 Å². The average Bonchev–Trinajstić information content (AvgIpc) is 2.20. The molecule has 0 amide bonds. The van der Waals surface area contributed by atoms with Crippen molar-refractivity contribution in [3.63, 3.8) is 0 Å². The van der Waals surface area contributed by atoms with Crippen LogP contribution in [0.15, 0.2) is 6.07 Å². The molecule has 82 valence electrons. The number of hydrogen-bond donors (Lipinski definition) is 3. The van der Waals surface area contributed by atoms with E-state index < -0.39 is 23.1 Å². The Labute approximate surface area is 86.4 Å². The van der Waals surface area contributed by atoms with Gasteiger partial charge >= 0.3 is 0 Å². The third kappa shape index (κ3) is 2.07. The number of likely N-dealkylation sites (N-methyl/N-ethyl adjacent to an activating group) is 1. The van der Waals surface area contributed by atoms with Crippen molar-refractivity contribution in [3.8, 4) is 11.5 Å². The minimum Gasteiger partial charge on any atom is -0.505 e. The second-order valence-corrected chi connectivity index (χ2v) is 3.21. The Morgan fingerprint density at radius 3 is 2.60 bits per heavy atom. The van der Waals surface area contributed by atoms with Crippen molar-refractivity contribution in [2.75, 3.05) is 13.6 Å². The van der Waals surface area contributed by atoms with Crippen LogP contribution in [-0.4, -0.2) is 29.6 Å². The highest BCUT2D eigenvalue weighted by atomic mass is 19.1. The summed E-state index contributed by atoms with van der Waals surface area (Å²) in [6.07, 6.45) is 0. The quantitative estimate of drug-likeness (QED) is 0.654. The lowest BCUT2D eigenvalue weighted by atomic mass is 10.0. The zero-order chi connectivity index (χ0) is 11.6. The monoisotopic (exact) mass is 213 g/mol. The predicted molar refractivity (Wildman–Crippen MR) is 52.7 cm³/mol. The summed E-state index contributed by atoms with van der Waals surface area (Å²) in [5.41, 5.74) is 0.0851. The number of aryl methyl sites for hydroxylation is 1. The number of phenolic OH excluding ortho intramolecular Hbond substituents is 2. The van der Waals surface area contributed by atoms with Crippen molar-refractivity contribution in [2.45, 2.75) is 6.92 Å². The fourth-order valence-corrected chi connectivity index (χ4v) is 1.23. The van der Waals surface area contributed by atoms with Crippen LogP contribution in [0, 0.1) is 12.7 Å². The molecule has 0 aromatic heterocycles. The zero-order valence-electron chi connectivity index (χ0n) is 8.47. The molecule has 1 aromatic carbocycles.